The van der Waals surface area contributed by atoms with Crippen LogP contribution in [0.15, 0.2) is 28.7 Å². The maximum atomic E-state index is 12.1. The number of urea groups is 1. The number of hydrogen-bond acceptors (Lipinski definition) is 3. The molecule has 0 saturated carbocycles. The molecule has 0 unspecified atom stereocenters. The number of amides is 2. The summed E-state index contributed by atoms with van der Waals surface area (Å²) in [7, 11) is 0. The molecule has 1 heterocycles. The third kappa shape index (κ3) is 3.42. The van der Waals surface area contributed by atoms with Gasteiger partial charge in [-0.2, -0.15) is 0 Å². The van der Waals surface area contributed by atoms with Gasteiger partial charge < -0.3 is 14.6 Å². The highest BCUT2D eigenvalue weighted by atomic mass is 16.4. The predicted molar refractivity (Wildman–Crippen MR) is 83.4 cm³/mol. The van der Waals surface area contributed by atoms with Gasteiger partial charge in [0.1, 0.15) is 5.76 Å². The zero-order chi connectivity index (χ0) is 15.4. The van der Waals surface area contributed by atoms with E-state index in [9.17, 15) is 4.79 Å². The Bertz CT molecular complexity index is 611. The van der Waals surface area contributed by atoms with Crippen LogP contribution in [0.2, 0.25) is 0 Å². The fourth-order valence-electron chi connectivity index (χ4n) is 2.04. The van der Waals surface area contributed by atoms with Crippen molar-refractivity contribution < 1.29 is 9.21 Å². The van der Waals surface area contributed by atoms with Crippen LogP contribution in [0.1, 0.15) is 25.3 Å². The standard InChI is InChI=1S/C16H21N3O2/c1-5-19(6-2)16(20)18-14-9-7-8-13(10-14)15-17-11(3)12(4)21-15/h7-10H,5-6H2,1-4H3,(H,18,20). The molecule has 2 aromatic rings. The quantitative estimate of drug-likeness (QED) is 0.929. The normalized spacial score (nSPS) is 10.5. The van der Waals surface area contributed by atoms with Crippen molar-refractivity contribution in [3.05, 3.63) is 35.7 Å². The molecule has 1 aromatic carbocycles. The van der Waals surface area contributed by atoms with Gasteiger partial charge in [0.25, 0.3) is 0 Å². The van der Waals surface area contributed by atoms with Crippen molar-refractivity contribution in [2.45, 2.75) is 27.7 Å². The Morgan fingerprint density at radius 2 is 2.00 bits per heavy atom. The molecule has 0 atom stereocenters. The molecule has 0 saturated heterocycles. The number of nitrogens with one attached hydrogen (secondary N) is 1. The average Bonchev–Trinajstić information content (AvgIpc) is 2.80. The zero-order valence-corrected chi connectivity index (χ0v) is 12.9. The molecule has 0 fully saturated rings. The third-order valence-electron chi connectivity index (χ3n) is 3.44. The molecule has 2 rings (SSSR count). The van der Waals surface area contributed by atoms with Gasteiger partial charge in [-0.3, -0.25) is 0 Å². The minimum atomic E-state index is -0.100. The lowest BCUT2D eigenvalue weighted by Crippen LogP contribution is -2.34. The molecule has 0 aliphatic carbocycles. The van der Waals surface area contributed by atoms with Crippen molar-refractivity contribution in [2.75, 3.05) is 18.4 Å². The summed E-state index contributed by atoms with van der Waals surface area (Å²) in [5, 5.41) is 2.89. The minimum absolute atomic E-state index is 0.100. The maximum absolute atomic E-state index is 12.1. The monoisotopic (exact) mass is 287 g/mol. The summed E-state index contributed by atoms with van der Waals surface area (Å²) in [6.45, 7) is 9.07. The van der Waals surface area contributed by atoms with Crippen molar-refractivity contribution in [3.8, 4) is 11.5 Å². The van der Waals surface area contributed by atoms with Gasteiger partial charge in [-0.25, -0.2) is 9.78 Å². The molecule has 0 aliphatic rings. The molecule has 0 radical (unpaired) electrons. The van der Waals surface area contributed by atoms with E-state index in [1.807, 2.05) is 52.0 Å². The number of nitrogens with zero attached hydrogens (tertiary/aromatic N) is 2. The fraction of sp³-hybridized carbons (Fsp3) is 0.375. The lowest BCUT2D eigenvalue weighted by atomic mass is 10.2. The lowest BCUT2D eigenvalue weighted by molar-refractivity contribution is 0.217. The Morgan fingerprint density at radius 1 is 1.29 bits per heavy atom. The van der Waals surface area contributed by atoms with Crippen LogP contribution in [0.3, 0.4) is 0 Å². The summed E-state index contributed by atoms with van der Waals surface area (Å²) >= 11 is 0. The average molecular weight is 287 g/mol. The van der Waals surface area contributed by atoms with Crippen LogP contribution in [0.4, 0.5) is 10.5 Å². The molecular formula is C16H21N3O2. The van der Waals surface area contributed by atoms with Crippen LogP contribution < -0.4 is 5.32 Å². The first kappa shape index (κ1) is 15.1. The summed E-state index contributed by atoms with van der Waals surface area (Å²) in [4.78, 5) is 18.2. The van der Waals surface area contributed by atoms with Crippen molar-refractivity contribution in [1.29, 1.82) is 0 Å². The summed E-state index contributed by atoms with van der Waals surface area (Å²) in [5.74, 6) is 1.38. The van der Waals surface area contributed by atoms with Crippen LogP contribution in [-0.4, -0.2) is 29.0 Å². The molecule has 5 nitrogen and oxygen atoms in total. The van der Waals surface area contributed by atoms with E-state index >= 15 is 0 Å². The van der Waals surface area contributed by atoms with E-state index in [0.717, 1.165) is 22.7 Å². The highest BCUT2D eigenvalue weighted by Crippen LogP contribution is 2.24. The van der Waals surface area contributed by atoms with E-state index in [1.54, 1.807) is 4.90 Å². The Kier molecular flexibility index (Phi) is 4.62. The highest BCUT2D eigenvalue weighted by molar-refractivity contribution is 5.89. The van der Waals surface area contributed by atoms with E-state index in [4.69, 9.17) is 4.42 Å². The molecular weight excluding hydrogens is 266 g/mol. The second-order valence-electron chi connectivity index (χ2n) is 4.84. The van der Waals surface area contributed by atoms with E-state index in [-0.39, 0.29) is 6.03 Å². The third-order valence-corrected chi connectivity index (χ3v) is 3.44. The van der Waals surface area contributed by atoms with Crippen molar-refractivity contribution in [2.24, 2.45) is 0 Å². The number of hydrogen-bond donors (Lipinski definition) is 1. The molecule has 5 heteroatoms. The topological polar surface area (TPSA) is 58.4 Å². The predicted octanol–water partition coefficient (Wildman–Crippen LogP) is 3.83. The second-order valence-corrected chi connectivity index (χ2v) is 4.84. The number of aryl methyl sites for hydroxylation is 2. The van der Waals surface area contributed by atoms with Gasteiger partial charge in [-0.1, -0.05) is 6.07 Å². The summed E-state index contributed by atoms with van der Waals surface area (Å²) in [6.07, 6.45) is 0. The summed E-state index contributed by atoms with van der Waals surface area (Å²) in [6, 6.07) is 7.41. The van der Waals surface area contributed by atoms with Crippen LogP contribution in [0.25, 0.3) is 11.5 Å². The molecule has 21 heavy (non-hydrogen) atoms. The molecule has 0 aliphatic heterocycles. The number of anilines is 1. The number of oxazole rings is 1. The van der Waals surface area contributed by atoms with Gasteiger partial charge in [-0.15, -0.1) is 0 Å². The number of benzene rings is 1. The van der Waals surface area contributed by atoms with Crippen molar-refractivity contribution >= 4 is 11.7 Å². The minimum Gasteiger partial charge on any atom is -0.441 e. The zero-order valence-electron chi connectivity index (χ0n) is 12.9. The van der Waals surface area contributed by atoms with Crippen LogP contribution in [0, 0.1) is 13.8 Å². The van der Waals surface area contributed by atoms with Gasteiger partial charge in [0.05, 0.1) is 5.69 Å². The smallest absolute Gasteiger partial charge is 0.321 e. The molecule has 0 bridgehead atoms. The van der Waals surface area contributed by atoms with Gasteiger partial charge >= 0.3 is 6.03 Å². The number of rotatable bonds is 4. The summed E-state index contributed by atoms with van der Waals surface area (Å²) < 4.78 is 5.62. The first-order valence-electron chi connectivity index (χ1n) is 7.15. The lowest BCUT2D eigenvalue weighted by Gasteiger charge is -2.19. The van der Waals surface area contributed by atoms with Crippen molar-refractivity contribution in [1.82, 2.24) is 9.88 Å². The van der Waals surface area contributed by atoms with Crippen LogP contribution in [-0.2, 0) is 0 Å². The first-order chi connectivity index (χ1) is 10.0. The maximum Gasteiger partial charge on any atom is 0.321 e. The van der Waals surface area contributed by atoms with Gasteiger partial charge in [0.15, 0.2) is 0 Å². The number of carbonyl (C=O) groups is 1. The van der Waals surface area contributed by atoms with Crippen molar-refractivity contribution in [3.63, 3.8) is 0 Å². The highest BCUT2D eigenvalue weighted by Gasteiger charge is 2.12. The van der Waals surface area contributed by atoms with Gasteiger partial charge in [0, 0.05) is 24.3 Å². The Morgan fingerprint density at radius 3 is 2.57 bits per heavy atom. The number of aromatic nitrogens is 1. The first-order valence-corrected chi connectivity index (χ1v) is 7.15. The SMILES string of the molecule is CCN(CC)C(=O)Nc1cccc(-c2nc(C)c(C)o2)c1. The largest absolute Gasteiger partial charge is 0.441 e. The van der Waals surface area contributed by atoms with Gasteiger partial charge in [0.2, 0.25) is 5.89 Å². The molecule has 112 valence electrons. The van der Waals surface area contributed by atoms with E-state index in [0.29, 0.717) is 19.0 Å². The Labute approximate surface area is 125 Å². The number of carbonyl (C=O) groups excluding carboxylic acids is 1. The Balaban J connectivity index is 2.20. The fourth-order valence-corrected chi connectivity index (χ4v) is 2.04. The molecule has 1 N–H and O–H groups in total. The van der Waals surface area contributed by atoms with E-state index < -0.39 is 0 Å². The van der Waals surface area contributed by atoms with E-state index in [2.05, 4.69) is 10.3 Å². The van der Waals surface area contributed by atoms with Crippen LogP contribution in [0.5, 0.6) is 0 Å². The van der Waals surface area contributed by atoms with Gasteiger partial charge in [-0.05, 0) is 45.9 Å². The van der Waals surface area contributed by atoms with E-state index in [1.165, 1.54) is 0 Å². The molecule has 0 spiro atoms. The summed E-state index contributed by atoms with van der Waals surface area (Å²) in [5.41, 5.74) is 2.46. The Hall–Kier alpha value is -2.30. The van der Waals surface area contributed by atoms with Crippen LogP contribution >= 0.6 is 0 Å². The second kappa shape index (κ2) is 6.43. The molecule has 2 amide bonds. The molecule has 1 aromatic heterocycles.